The number of aromatic nitrogens is 1. The van der Waals surface area contributed by atoms with Gasteiger partial charge in [-0.1, -0.05) is 25.1 Å². The third kappa shape index (κ3) is 2.94. The molecule has 0 amide bonds. The van der Waals surface area contributed by atoms with Crippen molar-refractivity contribution in [1.29, 1.82) is 0 Å². The second kappa shape index (κ2) is 5.39. The number of rotatable bonds is 3. The van der Waals surface area contributed by atoms with Crippen molar-refractivity contribution in [2.45, 2.75) is 50.7 Å². The molecule has 1 saturated heterocycles. The Morgan fingerprint density at radius 1 is 1.29 bits per heavy atom. The molecule has 0 saturated carbocycles. The lowest BCUT2D eigenvalue weighted by atomic mass is 9.78. The first kappa shape index (κ1) is 14.5. The van der Waals surface area contributed by atoms with Gasteiger partial charge in [-0.15, -0.1) is 0 Å². The zero-order valence-corrected chi connectivity index (χ0v) is 12.8. The molecule has 1 N–H and O–H groups in total. The molecule has 2 unspecified atom stereocenters. The van der Waals surface area contributed by atoms with Crippen molar-refractivity contribution in [2.24, 2.45) is 0 Å². The van der Waals surface area contributed by atoms with Crippen LogP contribution in [0.1, 0.15) is 38.7 Å². The lowest BCUT2D eigenvalue weighted by molar-refractivity contribution is -0.152. The molecule has 0 radical (unpaired) electrons. The molecule has 0 bridgehead atoms. The van der Waals surface area contributed by atoms with Crippen molar-refractivity contribution < 1.29 is 9.84 Å². The third-order valence-corrected chi connectivity index (χ3v) is 4.73. The van der Waals surface area contributed by atoms with Gasteiger partial charge in [0.25, 0.3) is 0 Å². The average molecular weight is 285 g/mol. The monoisotopic (exact) mass is 285 g/mol. The highest BCUT2D eigenvalue weighted by molar-refractivity contribution is 5.81. The summed E-state index contributed by atoms with van der Waals surface area (Å²) in [5, 5.41) is 12.2. The Bertz CT molecular complexity index is 637. The van der Waals surface area contributed by atoms with Gasteiger partial charge in [0.15, 0.2) is 0 Å². The van der Waals surface area contributed by atoms with Gasteiger partial charge in [0, 0.05) is 24.4 Å². The Morgan fingerprint density at radius 3 is 2.90 bits per heavy atom. The maximum atomic E-state index is 11.1. The van der Waals surface area contributed by atoms with Crippen LogP contribution in [0, 0.1) is 0 Å². The Hall–Kier alpha value is -1.45. The predicted molar refractivity (Wildman–Crippen MR) is 84.3 cm³/mol. The molecule has 1 aromatic heterocycles. The van der Waals surface area contributed by atoms with Gasteiger partial charge in [-0.05, 0) is 37.5 Å². The molecule has 0 spiro atoms. The molecule has 21 heavy (non-hydrogen) atoms. The van der Waals surface area contributed by atoms with E-state index in [1.54, 1.807) is 0 Å². The van der Waals surface area contributed by atoms with Crippen molar-refractivity contribution in [3.63, 3.8) is 0 Å². The van der Waals surface area contributed by atoms with Crippen molar-refractivity contribution in [1.82, 2.24) is 4.98 Å². The highest BCUT2D eigenvalue weighted by atomic mass is 16.5. The highest BCUT2D eigenvalue weighted by Gasteiger charge is 2.41. The van der Waals surface area contributed by atoms with Gasteiger partial charge in [-0.3, -0.25) is 4.98 Å². The summed E-state index contributed by atoms with van der Waals surface area (Å²) in [6.07, 6.45) is 4.80. The number of hydrogen-bond donors (Lipinski definition) is 1. The number of aliphatic hydroxyl groups is 1. The van der Waals surface area contributed by atoms with Crippen LogP contribution in [0.25, 0.3) is 10.9 Å². The number of pyridine rings is 1. The van der Waals surface area contributed by atoms with Gasteiger partial charge in [-0.25, -0.2) is 0 Å². The first-order valence-corrected chi connectivity index (χ1v) is 7.73. The third-order valence-electron chi connectivity index (χ3n) is 4.73. The fourth-order valence-corrected chi connectivity index (χ4v) is 3.36. The van der Waals surface area contributed by atoms with E-state index >= 15 is 0 Å². The number of para-hydroxylation sites is 1. The molecule has 1 aliphatic heterocycles. The quantitative estimate of drug-likeness (QED) is 0.938. The number of nitrogens with zero attached hydrogens (tertiary/aromatic N) is 1. The summed E-state index contributed by atoms with van der Waals surface area (Å²) in [4.78, 5) is 4.40. The van der Waals surface area contributed by atoms with E-state index in [1.807, 2.05) is 30.5 Å². The van der Waals surface area contributed by atoms with E-state index in [1.165, 1.54) is 5.56 Å². The van der Waals surface area contributed by atoms with Crippen molar-refractivity contribution in [3.05, 3.63) is 42.1 Å². The molecule has 3 nitrogen and oxygen atoms in total. The Kier molecular flexibility index (Phi) is 3.72. The van der Waals surface area contributed by atoms with Gasteiger partial charge >= 0.3 is 0 Å². The van der Waals surface area contributed by atoms with Gasteiger partial charge < -0.3 is 9.84 Å². The first-order valence-electron chi connectivity index (χ1n) is 7.73. The van der Waals surface area contributed by atoms with E-state index in [2.05, 4.69) is 24.9 Å². The van der Waals surface area contributed by atoms with Crippen LogP contribution in [0.4, 0.5) is 0 Å². The minimum atomic E-state index is -0.687. The molecule has 1 aliphatic rings. The van der Waals surface area contributed by atoms with E-state index in [0.29, 0.717) is 25.9 Å². The largest absolute Gasteiger partial charge is 0.389 e. The molecule has 112 valence electrons. The molecule has 3 rings (SSSR count). The van der Waals surface area contributed by atoms with E-state index < -0.39 is 5.60 Å². The van der Waals surface area contributed by atoms with Crippen LogP contribution in [0.3, 0.4) is 0 Å². The fraction of sp³-hybridized carbons (Fsp3) is 0.500. The van der Waals surface area contributed by atoms with Crippen LogP contribution in [0.5, 0.6) is 0 Å². The summed E-state index contributed by atoms with van der Waals surface area (Å²) in [7, 11) is 0. The Labute approximate surface area is 126 Å². The van der Waals surface area contributed by atoms with Crippen molar-refractivity contribution >= 4 is 10.9 Å². The molecule has 2 heterocycles. The second-order valence-electron chi connectivity index (χ2n) is 6.47. The van der Waals surface area contributed by atoms with E-state index in [-0.39, 0.29) is 5.60 Å². The minimum absolute atomic E-state index is 0.212. The fourth-order valence-electron chi connectivity index (χ4n) is 3.36. The summed E-state index contributed by atoms with van der Waals surface area (Å²) in [6.45, 7) is 4.85. The smallest absolute Gasteiger partial charge is 0.0737 e. The lowest BCUT2D eigenvalue weighted by Crippen LogP contribution is -2.48. The van der Waals surface area contributed by atoms with Gasteiger partial charge in [-0.2, -0.15) is 0 Å². The lowest BCUT2D eigenvalue weighted by Gasteiger charge is -2.43. The van der Waals surface area contributed by atoms with E-state index in [0.717, 1.165) is 17.3 Å². The molecule has 2 atom stereocenters. The Morgan fingerprint density at radius 2 is 2.10 bits per heavy atom. The Balaban J connectivity index is 1.91. The van der Waals surface area contributed by atoms with Gasteiger partial charge in [0.2, 0.25) is 0 Å². The minimum Gasteiger partial charge on any atom is -0.389 e. The molecule has 1 aromatic carbocycles. The van der Waals surface area contributed by atoms with Crippen LogP contribution in [-0.2, 0) is 11.2 Å². The maximum Gasteiger partial charge on any atom is 0.0737 e. The average Bonchev–Trinajstić information content (AvgIpc) is 2.47. The van der Waals surface area contributed by atoms with Crippen LogP contribution in [0.2, 0.25) is 0 Å². The maximum absolute atomic E-state index is 11.1. The molecule has 0 aliphatic carbocycles. The SMILES string of the molecule is CCC1(C)CC(O)(Cc2ccnc3ccccc23)CCO1. The molecule has 1 fully saturated rings. The molecule has 3 heteroatoms. The van der Waals surface area contributed by atoms with E-state index in [9.17, 15) is 5.11 Å². The van der Waals surface area contributed by atoms with Gasteiger partial charge in [0.05, 0.1) is 23.3 Å². The molecular formula is C18H23NO2. The predicted octanol–water partition coefficient (Wildman–Crippen LogP) is 3.49. The van der Waals surface area contributed by atoms with Crippen molar-refractivity contribution in [3.8, 4) is 0 Å². The summed E-state index contributed by atoms with van der Waals surface area (Å²) >= 11 is 0. The van der Waals surface area contributed by atoms with Crippen LogP contribution < -0.4 is 0 Å². The summed E-state index contributed by atoms with van der Waals surface area (Å²) in [6, 6.07) is 10.1. The zero-order valence-electron chi connectivity index (χ0n) is 12.8. The zero-order chi connectivity index (χ0) is 14.9. The number of fused-ring (bicyclic) bond motifs is 1. The normalized spacial score (nSPS) is 29.7. The van der Waals surface area contributed by atoms with Crippen LogP contribution in [-0.4, -0.2) is 27.9 Å². The summed E-state index contributed by atoms with van der Waals surface area (Å²) in [5.41, 5.74) is 1.26. The molecule has 2 aromatic rings. The second-order valence-corrected chi connectivity index (χ2v) is 6.47. The number of benzene rings is 1. The number of ether oxygens (including phenoxy) is 1. The van der Waals surface area contributed by atoms with Crippen LogP contribution in [0.15, 0.2) is 36.5 Å². The highest BCUT2D eigenvalue weighted by Crippen LogP contribution is 2.37. The topological polar surface area (TPSA) is 42.4 Å². The van der Waals surface area contributed by atoms with Crippen LogP contribution >= 0.6 is 0 Å². The van der Waals surface area contributed by atoms with Gasteiger partial charge in [0.1, 0.15) is 0 Å². The van der Waals surface area contributed by atoms with Crippen molar-refractivity contribution in [2.75, 3.05) is 6.61 Å². The van der Waals surface area contributed by atoms with E-state index in [4.69, 9.17) is 4.74 Å². The summed E-state index contributed by atoms with van der Waals surface area (Å²) in [5.74, 6) is 0. The number of hydrogen-bond acceptors (Lipinski definition) is 3. The first-order chi connectivity index (χ1) is 10.0. The standard InChI is InChI=1S/C18H23NO2/c1-3-17(2)13-18(20,9-11-21-17)12-14-8-10-19-16-7-5-4-6-15(14)16/h4-8,10,20H,3,9,11-13H2,1-2H3. The molecular weight excluding hydrogens is 262 g/mol. The summed E-state index contributed by atoms with van der Waals surface area (Å²) < 4.78 is 5.86.